The van der Waals surface area contributed by atoms with E-state index in [0.29, 0.717) is 12.2 Å². The Balaban J connectivity index is 2.42. The molecule has 0 aromatic carbocycles. The zero-order chi connectivity index (χ0) is 15.2. The zero-order valence-electron chi connectivity index (χ0n) is 13.6. The lowest BCUT2D eigenvalue weighted by atomic mass is 9.95. The van der Waals surface area contributed by atoms with Crippen LogP contribution in [-0.4, -0.2) is 61.9 Å². The second-order valence-electron chi connectivity index (χ2n) is 5.97. The zero-order valence-corrected chi connectivity index (χ0v) is 13.6. The van der Waals surface area contributed by atoms with E-state index in [0.717, 1.165) is 39.0 Å². The Hall–Kier alpha value is -0.650. The number of carbonyl (C=O) groups excluding carboxylic acids is 1. The fraction of sp³-hybridized carbons (Fsp3) is 0.933. The van der Waals surface area contributed by atoms with E-state index in [1.807, 2.05) is 13.8 Å². The molecule has 1 unspecified atom stereocenters. The highest BCUT2D eigenvalue weighted by Crippen LogP contribution is 2.17. The third-order valence-corrected chi connectivity index (χ3v) is 3.85. The molecule has 1 N–H and O–H groups in total. The molecule has 0 radical (unpaired) electrons. The van der Waals surface area contributed by atoms with E-state index >= 15 is 0 Å². The van der Waals surface area contributed by atoms with Crippen molar-refractivity contribution in [2.75, 3.05) is 33.3 Å². The summed E-state index contributed by atoms with van der Waals surface area (Å²) in [7, 11) is 1.45. The molecule has 0 aromatic rings. The van der Waals surface area contributed by atoms with Gasteiger partial charge in [-0.3, -0.25) is 9.69 Å². The summed E-state index contributed by atoms with van der Waals surface area (Å²) < 4.78 is 10.6. The average molecular weight is 286 g/mol. The lowest BCUT2D eigenvalue weighted by Crippen LogP contribution is -2.51. The maximum Gasteiger partial charge on any atom is 0.325 e. The number of hydrogen-bond acceptors (Lipinski definition) is 5. The monoisotopic (exact) mass is 286 g/mol. The van der Waals surface area contributed by atoms with Crippen LogP contribution in [0.3, 0.4) is 0 Å². The van der Waals surface area contributed by atoms with Gasteiger partial charge in [0.25, 0.3) is 0 Å². The molecule has 0 aromatic heterocycles. The Labute approximate surface area is 123 Å². The van der Waals surface area contributed by atoms with E-state index in [-0.39, 0.29) is 5.97 Å². The molecule has 5 heteroatoms. The molecule has 1 aliphatic rings. The molecule has 1 fully saturated rings. The summed E-state index contributed by atoms with van der Waals surface area (Å²) in [6.07, 6.45) is 2.34. The lowest BCUT2D eigenvalue weighted by Gasteiger charge is -2.36. The number of hydrogen-bond donors (Lipinski definition) is 1. The molecule has 5 nitrogen and oxygen atoms in total. The first-order valence-corrected chi connectivity index (χ1v) is 7.62. The van der Waals surface area contributed by atoms with Crippen LogP contribution in [0.5, 0.6) is 0 Å². The van der Waals surface area contributed by atoms with Gasteiger partial charge in [-0.25, -0.2) is 0 Å². The largest absolute Gasteiger partial charge is 0.468 e. The topological polar surface area (TPSA) is 50.8 Å². The Morgan fingerprint density at radius 2 is 2.00 bits per heavy atom. The molecule has 118 valence electrons. The maximum absolute atomic E-state index is 11.9. The van der Waals surface area contributed by atoms with Crippen LogP contribution >= 0.6 is 0 Å². The van der Waals surface area contributed by atoms with Gasteiger partial charge in [0, 0.05) is 13.1 Å². The molecule has 0 aliphatic carbocycles. The standard InChI is InChI=1S/C15H30N2O3/c1-6-16-15(4,14(18)19-5)8-7-9-17-10-12(2)20-13(3)11-17/h12-13,16H,6-11H2,1-5H3/t12-,13+,15?. The summed E-state index contributed by atoms with van der Waals surface area (Å²) in [6.45, 7) is 11.9. The number of nitrogens with one attached hydrogen (secondary N) is 1. The first-order chi connectivity index (χ1) is 9.41. The molecule has 20 heavy (non-hydrogen) atoms. The predicted octanol–water partition coefficient (Wildman–Crippen LogP) is 1.42. The normalized spacial score (nSPS) is 27.1. The van der Waals surface area contributed by atoms with Crippen LogP contribution in [0.25, 0.3) is 0 Å². The number of morpholine rings is 1. The Morgan fingerprint density at radius 3 is 2.50 bits per heavy atom. The van der Waals surface area contributed by atoms with Crippen LogP contribution in [0.2, 0.25) is 0 Å². The van der Waals surface area contributed by atoms with Gasteiger partial charge >= 0.3 is 5.97 Å². The molecule has 3 atom stereocenters. The van der Waals surface area contributed by atoms with Crippen molar-refractivity contribution in [3.63, 3.8) is 0 Å². The predicted molar refractivity (Wildman–Crippen MR) is 79.8 cm³/mol. The quantitative estimate of drug-likeness (QED) is 0.717. The first kappa shape index (κ1) is 17.4. The van der Waals surface area contributed by atoms with Crippen molar-refractivity contribution in [3.8, 4) is 0 Å². The van der Waals surface area contributed by atoms with Gasteiger partial charge in [-0.15, -0.1) is 0 Å². The van der Waals surface area contributed by atoms with Gasteiger partial charge in [0.2, 0.25) is 0 Å². The molecule has 1 aliphatic heterocycles. The van der Waals surface area contributed by atoms with Crippen LogP contribution in [-0.2, 0) is 14.3 Å². The van der Waals surface area contributed by atoms with E-state index in [1.165, 1.54) is 7.11 Å². The number of likely N-dealkylation sites (N-methyl/N-ethyl adjacent to an activating group) is 1. The number of esters is 1. The van der Waals surface area contributed by atoms with Crippen molar-refractivity contribution in [1.29, 1.82) is 0 Å². The summed E-state index contributed by atoms with van der Waals surface area (Å²) in [6, 6.07) is 0. The van der Waals surface area contributed by atoms with Crippen LogP contribution in [0, 0.1) is 0 Å². The molecule has 1 rings (SSSR count). The van der Waals surface area contributed by atoms with Gasteiger partial charge in [0.05, 0.1) is 19.3 Å². The smallest absolute Gasteiger partial charge is 0.325 e. The van der Waals surface area contributed by atoms with Crippen LogP contribution in [0.4, 0.5) is 0 Å². The highest BCUT2D eigenvalue weighted by Gasteiger charge is 2.33. The molecular weight excluding hydrogens is 256 g/mol. The average Bonchev–Trinajstić information content (AvgIpc) is 2.37. The maximum atomic E-state index is 11.9. The third kappa shape index (κ3) is 5.04. The summed E-state index contributed by atoms with van der Waals surface area (Å²) in [4.78, 5) is 14.3. The van der Waals surface area contributed by atoms with Crippen molar-refractivity contribution in [2.24, 2.45) is 0 Å². The summed E-state index contributed by atoms with van der Waals surface area (Å²) >= 11 is 0. The van der Waals surface area contributed by atoms with Crippen LogP contribution in [0.1, 0.15) is 40.5 Å². The van der Waals surface area contributed by atoms with Crippen molar-refractivity contribution in [2.45, 2.75) is 58.3 Å². The van der Waals surface area contributed by atoms with Crippen molar-refractivity contribution >= 4 is 5.97 Å². The molecule has 1 saturated heterocycles. The minimum atomic E-state index is -0.576. The second-order valence-corrected chi connectivity index (χ2v) is 5.97. The number of nitrogens with zero attached hydrogens (tertiary/aromatic N) is 1. The number of methoxy groups -OCH3 is 1. The van der Waals surface area contributed by atoms with Gasteiger partial charge in [-0.2, -0.15) is 0 Å². The Bertz CT molecular complexity index is 301. The fourth-order valence-electron chi connectivity index (χ4n) is 3.00. The van der Waals surface area contributed by atoms with Gasteiger partial charge in [0.1, 0.15) is 5.54 Å². The van der Waals surface area contributed by atoms with Gasteiger partial charge < -0.3 is 14.8 Å². The van der Waals surface area contributed by atoms with Gasteiger partial charge in [-0.05, 0) is 46.7 Å². The van der Waals surface area contributed by atoms with E-state index in [9.17, 15) is 4.79 Å². The molecule has 0 spiro atoms. The number of ether oxygens (including phenoxy) is 2. The van der Waals surface area contributed by atoms with Crippen molar-refractivity contribution in [3.05, 3.63) is 0 Å². The Morgan fingerprint density at radius 1 is 1.40 bits per heavy atom. The van der Waals surface area contributed by atoms with Crippen molar-refractivity contribution in [1.82, 2.24) is 10.2 Å². The number of carbonyl (C=O) groups is 1. The highest BCUT2D eigenvalue weighted by atomic mass is 16.5. The molecular formula is C15H30N2O3. The SMILES string of the molecule is CCNC(C)(CCCN1C[C@@H](C)O[C@@H](C)C1)C(=O)OC. The Kier molecular flexibility index (Phi) is 6.92. The van der Waals surface area contributed by atoms with E-state index in [2.05, 4.69) is 24.1 Å². The molecule has 0 saturated carbocycles. The molecule has 0 amide bonds. The minimum Gasteiger partial charge on any atom is -0.468 e. The summed E-state index contributed by atoms with van der Waals surface area (Å²) in [5.41, 5.74) is -0.576. The van der Waals surface area contributed by atoms with E-state index < -0.39 is 5.54 Å². The second kappa shape index (κ2) is 7.96. The third-order valence-electron chi connectivity index (χ3n) is 3.85. The highest BCUT2D eigenvalue weighted by molar-refractivity contribution is 5.80. The van der Waals surface area contributed by atoms with Crippen LogP contribution < -0.4 is 5.32 Å². The minimum absolute atomic E-state index is 0.178. The lowest BCUT2D eigenvalue weighted by molar-refractivity contribution is -0.148. The summed E-state index contributed by atoms with van der Waals surface area (Å²) in [5, 5.41) is 3.25. The summed E-state index contributed by atoms with van der Waals surface area (Å²) in [5.74, 6) is -0.178. The van der Waals surface area contributed by atoms with Crippen molar-refractivity contribution < 1.29 is 14.3 Å². The van der Waals surface area contributed by atoms with E-state index in [4.69, 9.17) is 9.47 Å². The van der Waals surface area contributed by atoms with E-state index in [1.54, 1.807) is 0 Å². The molecule has 1 heterocycles. The number of rotatable bonds is 7. The van der Waals surface area contributed by atoms with Gasteiger partial charge in [0.15, 0.2) is 0 Å². The van der Waals surface area contributed by atoms with Gasteiger partial charge in [-0.1, -0.05) is 6.92 Å². The van der Waals surface area contributed by atoms with Crippen LogP contribution in [0.15, 0.2) is 0 Å². The fourth-order valence-corrected chi connectivity index (χ4v) is 3.00. The first-order valence-electron chi connectivity index (χ1n) is 7.62. The molecule has 0 bridgehead atoms.